The summed E-state index contributed by atoms with van der Waals surface area (Å²) in [4.78, 5) is 72.5. The quantitative estimate of drug-likeness (QED) is 0.479. The molecule has 0 unspecified atom stereocenters. The number of amides is 6. The molecule has 38 heavy (non-hydrogen) atoms. The van der Waals surface area contributed by atoms with Crippen molar-refractivity contribution in [3.63, 3.8) is 0 Å². The molecule has 3 aliphatic rings. The molecule has 3 aliphatic heterocycles. The molecule has 4 rings (SSSR count). The smallest absolute Gasteiger partial charge is 0.261 e. The number of rotatable bonds is 0. The lowest BCUT2D eigenvalue weighted by Crippen LogP contribution is -2.35. The van der Waals surface area contributed by atoms with Gasteiger partial charge in [-0.2, -0.15) is 0 Å². The van der Waals surface area contributed by atoms with E-state index < -0.39 is 10.8 Å². The Bertz CT molecular complexity index is 1240. The number of hydrogen-bond acceptors (Lipinski definition) is 6. The van der Waals surface area contributed by atoms with Crippen LogP contribution in [0.1, 0.15) is 84.5 Å². The van der Waals surface area contributed by atoms with E-state index in [1.54, 1.807) is 20.9 Å². The molecule has 9 heteroatoms. The number of likely N-dealkylation sites (tertiary alicyclic amines) is 1. The van der Waals surface area contributed by atoms with E-state index in [9.17, 15) is 28.8 Å². The molecule has 0 aliphatic carbocycles. The van der Waals surface area contributed by atoms with Crippen LogP contribution < -0.4 is 0 Å². The van der Waals surface area contributed by atoms with E-state index in [0.717, 1.165) is 27.2 Å². The average molecular weight is 526 g/mol. The molecule has 1 saturated heterocycles. The topological polar surface area (TPSA) is 112 Å². The lowest BCUT2D eigenvalue weighted by Gasteiger charge is -2.28. The van der Waals surface area contributed by atoms with E-state index in [1.807, 2.05) is 55.4 Å². The van der Waals surface area contributed by atoms with Gasteiger partial charge in [0.05, 0.1) is 22.0 Å². The van der Waals surface area contributed by atoms with Gasteiger partial charge < -0.3 is 0 Å². The molecule has 1 aromatic carbocycles. The van der Waals surface area contributed by atoms with Gasteiger partial charge in [-0.3, -0.25) is 43.5 Å². The van der Waals surface area contributed by atoms with Crippen LogP contribution in [0.5, 0.6) is 0 Å². The second-order valence-electron chi connectivity index (χ2n) is 11.3. The molecule has 0 atom stereocenters. The predicted molar refractivity (Wildman–Crippen MR) is 143 cm³/mol. The number of nitrogens with zero attached hydrogens (tertiary/aromatic N) is 3. The molecule has 0 N–H and O–H groups in total. The lowest BCUT2D eigenvalue weighted by molar-refractivity contribution is -0.140. The first kappa shape index (κ1) is 30.6. The van der Waals surface area contributed by atoms with Crippen LogP contribution in [0, 0.1) is 38.5 Å². The van der Waals surface area contributed by atoms with Crippen LogP contribution in [0.3, 0.4) is 0 Å². The zero-order valence-electron chi connectivity index (χ0n) is 24.8. The second-order valence-corrected chi connectivity index (χ2v) is 11.3. The highest BCUT2D eigenvalue weighted by atomic mass is 16.2. The van der Waals surface area contributed by atoms with Crippen molar-refractivity contribution in [3.05, 3.63) is 44.5 Å². The Balaban J connectivity index is 0.000000207. The molecule has 1 fully saturated rings. The summed E-state index contributed by atoms with van der Waals surface area (Å²) < 4.78 is 0. The second kappa shape index (κ2) is 9.93. The van der Waals surface area contributed by atoms with Crippen molar-refractivity contribution in [2.45, 2.75) is 69.2 Å². The summed E-state index contributed by atoms with van der Waals surface area (Å²) >= 11 is 0. The Morgan fingerprint density at radius 1 is 0.421 bits per heavy atom. The number of likely N-dealkylation sites (N-methyl/N-ethyl adjacent to an activating group) is 1. The van der Waals surface area contributed by atoms with Gasteiger partial charge in [-0.25, -0.2) is 0 Å². The summed E-state index contributed by atoms with van der Waals surface area (Å²) in [7, 11) is 4.57. The van der Waals surface area contributed by atoms with Gasteiger partial charge in [0.1, 0.15) is 0 Å². The molecule has 206 valence electrons. The third-order valence-corrected chi connectivity index (χ3v) is 8.78. The number of imide groups is 3. The van der Waals surface area contributed by atoms with E-state index in [0.29, 0.717) is 22.3 Å². The fraction of sp³-hybridized carbons (Fsp3) is 0.517. The van der Waals surface area contributed by atoms with Crippen molar-refractivity contribution < 1.29 is 28.8 Å². The highest BCUT2D eigenvalue weighted by Gasteiger charge is 2.57. The largest absolute Gasteiger partial charge is 0.285 e. The van der Waals surface area contributed by atoms with Gasteiger partial charge in [-0.15, -0.1) is 0 Å². The lowest BCUT2D eigenvalue weighted by atomic mass is 9.70. The van der Waals surface area contributed by atoms with E-state index in [1.165, 1.54) is 23.9 Å². The van der Waals surface area contributed by atoms with Crippen LogP contribution in [0.25, 0.3) is 0 Å². The normalized spacial score (nSPS) is 19.7. The average Bonchev–Trinajstić information content (AvgIpc) is 3.23. The summed E-state index contributed by atoms with van der Waals surface area (Å²) in [6, 6.07) is 0. The summed E-state index contributed by atoms with van der Waals surface area (Å²) in [5.41, 5.74) is 5.24. The summed E-state index contributed by atoms with van der Waals surface area (Å²) in [5, 5.41) is 0. The Morgan fingerprint density at radius 2 is 0.684 bits per heavy atom. The Hall–Kier alpha value is -3.62. The molecular weight excluding hydrogens is 486 g/mol. The SMILES string of the molecule is CC1=C(C)C(=O)N(C)C1=O.CN1C(=O)C(C)(C)C(C)(C)C1=O.Cc1c(C)c(C)c2c(c1C)C(=O)N(C)C2=O. The van der Waals surface area contributed by atoms with E-state index in [2.05, 4.69) is 0 Å². The first-order valence-electron chi connectivity index (χ1n) is 12.4. The summed E-state index contributed by atoms with van der Waals surface area (Å²) in [6.45, 7) is 18.4. The van der Waals surface area contributed by atoms with E-state index >= 15 is 0 Å². The molecule has 1 aromatic rings. The predicted octanol–water partition coefficient (Wildman–Crippen LogP) is 3.50. The Labute approximate surface area is 224 Å². The third-order valence-electron chi connectivity index (χ3n) is 8.78. The monoisotopic (exact) mass is 525 g/mol. The first-order valence-corrected chi connectivity index (χ1v) is 12.4. The molecule has 0 saturated carbocycles. The maximum Gasteiger partial charge on any atom is 0.261 e. The number of carbonyl (C=O) groups is 6. The van der Waals surface area contributed by atoms with Crippen molar-refractivity contribution in [2.75, 3.05) is 21.1 Å². The van der Waals surface area contributed by atoms with Gasteiger partial charge in [0.15, 0.2) is 0 Å². The van der Waals surface area contributed by atoms with Crippen LogP contribution in [0.4, 0.5) is 0 Å². The van der Waals surface area contributed by atoms with Crippen LogP contribution in [0.15, 0.2) is 11.1 Å². The van der Waals surface area contributed by atoms with Crippen LogP contribution in [0.2, 0.25) is 0 Å². The van der Waals surface area contributed by atoms with Gasteiger partial charge in [0, 0.05) is 32.3 Å². The number of carbonyl (C=O) groups excluding carboxylic acids is 6. The molecule has 0 aromatic heterocycles. The molecular formula is C29H39N3O6. The first-order chi connectivity index (χ1) is 17.2. The van der Waals surface area contributed by atoms with Crippen LogP contribution in [-0.2, 0) is 19.2 Å². The maximum atomic E-state index is 11.9. The summed E-state index contributed by atoms with van der Waals surface area (Å²) in [5.74, 6) is -0.882. The molecule has 0 spiro atoms. The van der Waals surface area contributed by atoms with E-state index in [4.69, 9.17) is 0 Å². The van der Waals surface area contributed by atoms with Crippen molar-refractivity contribution >= 4 is 35.4 Å². The van der Waals surface area contributed by atoms with Gasteiger partial charge in [-0.05, 0) is 91.5 Å². The zero-order chi connectivity index (χ0) is 29.8. The third kappa shape index (κ3) is 4.37. The number of benzene rings is 1. The number of fused-ring (bicyclic) bond motifs is 1. The molecule has 9 nitrogen and oxygen atoms in total. The maximum absolute atomic E-state index is 11.9. The highest BCUT2D eigenvalue weighted by molar-refractivity contribution is 6.22. The molecule has 0 bridgehead atoms. The minimum Gasteiger partial charge on any atom is -0.285 e. The minimum atomic E-state index is -0.571. The fourth-order valence-corrected chi connectivity index (χ4v) is 4.66. The molecule has 3 heterocycles. The van der Waals surface area contributed by atoms with Crippen molar-refractivity contribution in [1.82, 2.24) is 14.7 Å². The highest BCUT2D eigenvalue weighted by Crippen LogP contribution is 2.46. The Morgan fingerprint density at radius 3 is 0.868 bits per heavy atom. The standard InChI is InChI=1S/C13H15NO2.C9H15NO2.C7H9NO2/c1-6-7(2)9(4)11-10(8(6)3)12(15)14(5)13(11)16;1-8(2)6(11)10(5)7(12)9(8,3)4;1-4-5(2)7(10)8(3)6(4)9/h1-5H3;1-5H3;1-3H3. The minimum absolute atomic E-state index is 0.0856. The fourth-order valence-electron chi connectivity index (χ4n) is 4.66. The van der Waals surface area contributed by atoms with Crippen LogP contribution in [-0.4, -0.2) is 71.3 Å². The molecule has 6 amide bonds. The number of hydrogen-bond donors (Lipinski definition) is 0. The van der Waals surface area contributed by atoms with Crippen molar-refractivity contribution in [2.24, 2.45) is 10.8 Å². The van der Waals surface area contributed by atoms with Crippen LogP contribution >= 0.6 is 0 Å². The molecule has 0 radical (unpaired) electrons. The van der Waals surface area contributed by atoms with Gasteiger partial charge in [0.2, 0.25) is 11.8 Å². The Kier molecular flexibility index (Phi) is 7.99. The van der Waals surface area contributed by atoms with Gasteiger partial charge in [-0.1, -0.05) is 0 Å². The van der Waals surface area contributed by atoms with Gasteiger partial charge in [0.25, 0.3) is 23.6 Å². The summed E-state index contributed by atoms with van der Waals surface area (Å²) in [6.07, 6.45) is 0. The van der Waals surface area contributed by atoms with Crippen molar-refractivity contribution in [1.29, 1.82) is 0 Å². The van der Waals surface area contributed by atoms with Gasteiger partial charge >= 0.3 is 0 Å². The zero-order valence-corrected chi connectivity index (χ0v) is 24.8. The van der Waals surface area contributed by atoms with Crippen molar-refractivity contribution in [3.8, 4) is 0 Å². The van der Waals surface area contributed by atoms with E-state index in [-0.39, 0.29) is 35.4 Å².